The van der Waals surface area contributed by atoms with Crippen LogP contribution in [-0.4, -0.2) is 52.4 Å². The number of rotatable bonds is 5. The van der Waals surface area contributed by atoms with Crippen molar-refractivity contribution in [2.24, 2.45) is 11.3 Å². The molecule has 2 N–H and O–H groups in total. The average Bonchev–Trinajstić information content (AvgIpc) is 3.20. The Balaban J connectivity index is 1.87. The molecule has 0 spiro atoms. The van der Waals surface area contributed by atoms with Crippen LogP contribution in [0.15, 0.2) is 30.6 Å². The second kappa shape index (κ2) is 10.3. The summed E-state index contributed by atoms with van der Waals surface area (Å²) in [6.07, 6.45) is -2.19. The van der Waals surface area contributed by atoms with Crippen molar-refractivity contribution in [3.63, 3.8) is 0 Å². The molecule has 1 saturated heterocycles. The quantitative estimate of drug-likeness (QED) is 0.586. The molecular weight excluding hydrogens is 494 g/mol. The minimum absolute atomic E-state index is 0.0811. The van der Waals surface area contributed by atoms with E-state index in [1.165, 1.54) is 51.4 Å². The number of aromatic nitrogens is 1. The molecule has 1 aromatic heterocycles. The van der Waals surface area contributed by atoms with Gasteiger partial charge >= 0.3 is 12.1 Å². The minimum Gasteiger partial charge on any atom is -0.336 e. The smallest absolute Gasteiger partial charge is 0.336 e. The van der Waals surface area contributed by atoms with Crippen LogP contribution in [0, 0.1) is 28.5 Å². The Morgan fingerprint density at radius 2 is 1.84 bits per heavy atom. The van der Waals surface area contributed by atoms with Crippen molar-refractivity contribution in [2.45, 2.75) is 58.4 Å². The number of hydrogen-bond acceptors (Lipinski definition) is 5. The summed E-state index contributed by atoms with van der Waals surface area (Å²) in [5.74, 6) is -4.42. The van der Waals surface area contributed by atoms with Gasteiger partial charge in [0.2, 0.25) is 11.8 Å². The number of halogens is 4. The summed E-state index contributed by atoms with van der Waals surface area (Å²) in [5, 5.41) is 15.1. The Morgan fingerprint density at radius 3 is 2.43 bits per heavy atom. The number of nitrogens with zero attached hydrogens (tertiary/aromatic N) is 3. The van der Waals surface area contributed by atoms with Crippen LogP contribution < -0.4 is 10.6 Å². The number of nitriles is 1. The SMILES string of the molecule is C[C@@H]1C[C@@H](C(=O)N[C@H](C#N)c2cncc3cc(F)ccc23)N(C(=O)[C@@H](NC(=O)C(F)(F)F)C(C)(C)C)C1. The predicted molar refractivity (Wildman–Crippen MR) is 125 cm³/mol. The fraction of sp³-hybridized carbons (Fsp3) is 0.480. The summed E-state index contributed by atoms with van der Waals surface area (Å²) in [6.45, 7) is 6.37. The fourth-order valence-corrected chi connectivity index (χ4v) is 4.38. The molecule has 0 bridgehead atoms. The third-order valence-corrected chi connectivity index (χ3v) is 6.22. The predicted octanol–water partition coefficient (Wildman–Crippen LogP) is 3.38. The Labute approximate surface area is 211 Å². The summed E-state index contributed by atoms with van der Waals surface area (Å²) < 4.78 is 52.4. The van der Waals surface area contributed by atoms with Crippen LogP contribution >= 0.6 is 0 Å². The highest BCUT2D eigenvalue weighted by Crippen LogP contribution is 2.30. The Hall–Kier alpha value is -3.75. The van der Waals surface area contributed by atoms with Crippen molar-refractivity contribution in [3.8, 4) is 6.07 Å². The maximum absolute atomic E-state index is 13.6. The molecule has 198 valence electrons. The van der Waals surface area contributed by atoms with Crippen LogP contribution in [0.4, 0.5) is 17.6 Å². The lowest BCUT2D eigenvalue weighted by atomic mass is 9.85. The molecule has 3 amide bonds. The minimum atomic E-state index is -5.19. The molecule has 0 saturated carbocycles. The molecule has 2 aromatic rings. The number of amides is 3. The Bertz CT molecular complexity index is 1250. The van der Waals surface area contributed by atoms with Crippen molar-refractivity contribution in [1.82, 2.24) is 20.5 Å². The molecule has 0 aliphatic carbocycles. The van der Waals surface area contributed by atoms with Crippen LogP contribution in [-0.2, 0) is 14.4 Å². The van der Waals surface area contributed by atoms with Crippen LogP contribution in [0.1, 0.15) is 45.7 Å². The maximum Gasteiger partial charge on any atom is 0.471 e. The van der Waals surface area contributed by atoms with Gasteiger partial charge in [0.1, 0.15) is 23.9 Å². The van der Waals surface area contributed by atoms with Gasteiger partial charge in [-0.1, -0.05) is 33.8 Å². The van der Waals surface area contributed by atoms with Gasteiger partial charge in [-0.2, -0.15) is 18.4 Å². The number of fused-ring (bicyclic) bond motifs is 1. The first kappa shape index (κ1) is 27.8. The van der Waals surface area contributed by atoms with Crippen molar-refractivity contribution in [2.75, 3.05) is 6.54 Å². The van der Waals surface area contributed by atoms with Gasteiger partial charge in [-0.05, 0) is 35.3 Å². The normalized spacial score (nSPS) is 19.7. The average molecular weight is 522 g/mol. The Kier molecular flexibility index (Phi) is 7.76. The number of pyridine rings is 1. The number of alkyl halides is 3. The van der Waals surface area contributed by atoms with Gasteiger partial charge in [0.15, 0.2) is 0 Å². The number of likely N-dealkylation sites (tertiary alicyclic amines) is 1. The molecule has 12 heteroatoms. The van der Waals surface area contributed by atoms with Crippen LogP contribution in [0.5, 0.6) is 0 Å². The number of carbonyl (C=O) groups excluding carboxylic acids is 3. The van der Waals surface area contributed by atoms with Gasteiger partial charge in [-0.15, -0.1) is 0 Å². The van der Waals surface area contributed by atoms with Gasteiger partial charge < -0.3 is 15.5 Å². The summed E-state index contributed by atoms with van der Waals surface area (Å²) in [7, 11) is 0. The summed E-state index contributed by atoms with van der Waals surface area (Å²) >= 11 is 0. The second-order valence-electron chi connectivity index (χ2n) is 10.3. The molecule has 4 atom stereocenters. The van der Waals surface area contributed by atoms with E-state index in [9.17, 15) is 37.2 Å². The summed E-state index contributed by atoms with van der Waals surface area (Å²) in [5.41, 5.74) is -0.772. The monoisotopic (exact) mass is 521 g/mol. The lowest BCUT2D eigenvalue weighted by Crippen LogP contribution is -2.59. The topological polar surface area (TPSA) is 115 Å². The van der Waals surface area contributed by atoms with Crippen LogP contribution in [0.3, 0.4) is 0 Å². The molecule has 2 heterocycles. The van der Waals surface area contributed by atoms with Gasteiger partial charge in [0.05, 0.1) is 6.07 Å². The molecule has 0 radical (unpaired) electrons. The van der Waals surface area contributed by atoms with Crippen molar-refractivity contribution >= 4 is 28.5 Å². The molecule has 1 aromatic carbocycles. The molecule has 1 fully saturated rings. The lowest BCUT2D eigenvalue weighted by Gasteiger charge is -2.35. The van der Waals surface area contributed by atoms with Gasteiger partial charge in [0, 0.05) is 29.9 Å². The molecular formula is C25H27F4N5O3. The number of nitrogens with one attached hydrogen (secondary N) is 2. The highest BCUT2D eigenvalue weighted by Gasteiger charge is 2.47. The van der Waals surface area contributed by atoms with E-state index in [1.54, 1.807) is 12.2 Å². The highest BCUT2D eigenvalue weighted by atomic mass is 19.4. The first-order chi connectivity index (χ1) is 17.1. The highest BCUT2D eigenvalue weighted by molar-refractivity contribution is 5.94. The van der Waals surface area contributed by atoms with E-state index in [1.807, 2.05) is 6.07 Å². The van der Waals surface area contributed by atoms with E-state index in [0.29, 0.717) is 16.3 Å². The van der Waals surface area contributed by atoms with E-state index in [-0.39, 0.29) is 18.9 Å². The van der Waals surface area contributed by atoms with Gasteiger partial charge in [-0.25, -0.2) is 4.39 Å². The molecule has 3 rings (SSSR count). The molecule has 0 unspecified atom stereocenters. The first-order valence-electron chi connectivity index (χ1n) is 11.5. The second-order valence-corrected chi connectivity index (χ2v) is 10.3. The van der Waals surface area contributed by atoms with Crippen molar-refractivity contribution in [1.29, 1.82) is 5.26 Å². The van der Waals surface area contributed by atoms with Gasteiger partial charge in [0.25, 0.3) is 0 Å². The first-order valence-corrected chi connectivity index (χ1v) is 11.5. The summed E-state index contributed by atoms with van der Waals surface area (Å²) in [6, 6.07) is 2.07. The van der Waals surface area contributed by atoms with Crippen molar-refractivity contribution < 1.29 is 31.9 Å². The van der Waals surface area contributed by atoms with Crippen LogP contribution in [0.2, 0.25) is 0 Å². The Morgan fingerprint density at radius 1 is 1.16 bits per heavy atom. The van der Waals surface area contributed by atoms with Crippen molar-refractivity contribution in [3.05, 3.63) is 42.0 Å². The molecule has 1 aliphatic rings. The third-order valence-electron chi connectivity index (χ3n) is 6.22. The zero-order chi connectivity index (χ0) is 27.7. The molecule has 1 aliphatic heterocycles. The van der Waals surface area contributed by atoms with E-state index >= 15 is 0 Å². The number of benzene rings is 1. The maximum atomic E-state index is 13.6. The van der Waals surface area contributed by atoms with E-state index in [4.69, 9.17) is 0 Å². The van der Waals surface area contributed by atoms with E-state index in [2.05, 4.69) is 10.3 Å². The summed E-state index contributed by atoms with van der Waals surface area (Å²) in [4.78, 5) is 43.5. The molecule has 37 heavy (non-hydrogen) atoms. The largest absolute Gasteiger partial charge is 0.471 e. The molecule has 8 nitrogen and oxygen atoms in total. The van der Waals surface area contributed by atoms with Crippen LogP contribution in [0.25, 0.3) is 10.8 Å². The number of hydrogen-bond donors (Lipinski definition) is 2. The number of carbonyl (C=O) groups is 3. The lowest BCUT2D eigenvalue weighted by molar-refractivity contribution is -0.176. The van der Waals surface area contributed by atoms with Gasteiger partial charge in [-0.3, -0.25) is 19.4 Å². The zero-order valence-electron chi connectivity index (χ0n) is 20.7. The third kappa shape index (κ3) is 6.15. The van der Waals surface area contributed by atoms with E-state index in [0.717, 1.165) is 4.90 Å². The standard InChI is InChI=1S/C25H27F4N5O3/c1-13-7-19(34(12-13)22(36)20(24(2,3)4)33-23(37)25(27,28)29)21(35)32-18(9-30)17-11-31-10-14-8-15(26)5-6-16(14)17/h5-6,8,10-11,13,18-20H,7,12H2,1-4H3,(H,32,35)(H,33,37)/t13-,18-,19+,20-/m1/s1. The van der Waals surface area contributed by atoms with E-state index < -0.39 is 53.3 Å². The zero-order valence-corrected chi connectivity index (χ0v) is 20.7. The fourth-order valence-electron chi connectivity index (χ4n) is 4.38.